The zero-order valence-electron chi connectivity index (χ0n) is 17.6. The van der Waals surface area contributed by atoms with Crippen LogP contribution in [0.3, 0.4) is 0 Å². The second-order valence-electron chi connectivity index (χ2n) is 6.40. The van der Waals surface area contributed by atoms with Gasteiger partial charge in [0.1, 0.15) is 12.1 Å². The van der Waals surface area contributed by atoms with Crippen molar-refractivity contribution in [2.24, 2.45) is 0 Å². The first-order chi connectivity index (χ1) is 15.5. The molecule has 0 fully saturated rings. The molecule has 0 aliphatic rings. The standard InChI is InChI=1S/C22H24N2O6S2/c1-29-21(27)17(23-19(25)15-9-5-3-6-10-15)13-31-32-14-18(22(28)30-2)24-20(26)16-11-7-4-8-12-16/h3-12,17-18H,13-14H2,1-2H3,(H,23,25)(H,24,26)/t17-,18+. The SMILES string of the molecule is COC(=O)[C@H](CSSC[C@@H](NC(=O)c1ccccc1)C(=O)OC)NC(=O)c1ccccc1. The first-order valence-electron chi connectivity index (χ1n) is 9.58. The third-order valence-corrected chi connectivity index (χ3v) is 6.63. The highest BCUT2D eigenvalue weighted by molar-refractivity contribution is 8.76. The third kappa shape index (κ3) is 7.93. The fraction of sp³-hybridized carbons (Fsp3) is 0.273. The van der Waals surface area contributed by atoms with Crippen LogP contribution in [0.25, 0.3) is 0 Å². The molecular formula is C22H24N2O6S2. The maximum Gasteiger partial charge on any atom is 0.329 e. The number of nitrogens with one attached hydrogen (secondary N) is 2. The van der Waals surface area contributed by atoms with Gasteiger partial charge < -0.3 is 20.1 Å². The van der Waals surface area contributed by atoms with Crippen LogP contribution in [0.4, 0.5) is 0 Å². The highest BCUT2D eigenvalue weighted by Gasteiger charge is 2.25. The summed E-state index contributed by atoms with van der Waals surface area (Å²) in [5, 5.41) is 5.30. The van der Waals surface area contributed by atoms with Gasteiger partial charge in [0.15, 0.2) is 0 Å². The Morgan fingerprint density at radius 2 is 1.03 bits per heavy atom. The lowest BCUT2D eigenvalue weighted by Crippen LogP contribution is -2.44. The lowest BCUT2D eigenvalue weighted by Gasteiger charge is -2.18. The number of hydrogen-bond donors (Lipinski definition) is 2. The Bertz CT molecular complexity index is 836. The molecule has 0 spiro atoms. The van der Waals surface area contributed by atoms with E-state index in [9.17, 15) is 19.2 Å². The molecule has 0 saturated carbocycles. The van der Waals surface area contributed by atoms with Crippen LogP contribution in [0.5, 0.6) is 0 Å². The fourth-order valence-electron chi connectivity index (χ4n) is 2.52. The molecule has 0 heterocycles. The van der Waals surface area contributed by atoms with E-state index in [1.54, 1.807) is 60.7 Å². The van der Waals surface area contributed by atoms with Crippen molar-refractivity contribution in [3.63, 3.8) is 0 Å². The summed E-state index contributed by atoms with van der Waals surface area (Å²) < 4.78 is 9.55. The van der Waals surface area contributed by atoms with E-state index in [1.807, 2.05) is 0 Å². The van der Waals surface area contributed by atoms with Crippen LogP contribution in [0.15, 0.2) is 60.7 Å². The molecule has 170 valence electrons. The zero-order chi connectivity index (χ0) is 23.3. The smallest absolute Gasteiger partial charge is 0.329 e. The lowest BCUT2D eigenvalue weighted by atomic mass is 10.2. The van der Waals surface area contributed by atoms with Gasteiger partial charge in [-0.3, -0.25) is 9.59 Å². The van der Waals surface area contributed by atoms with Crippen molar-refractivity contribution in [1.82, 2.24) is 10.6 Å². The molecule has 0 aliphatic heterocycles. The van der Waals surface area contributed by atoms with Crippen molar-refractivity contribution in [1.29, 1.82) is 0 Å². The highest BCUT2D eigenvalue weighted by atomic mass is 33.1. The predicted molar refractivity (Wildman–Crippen MR) is 124 cm³/mol. The van der Waals surface area contributed by atoms with Crippen LogP contribution in [-0.2, 0) is 19.1 Å². The number of esters is 2. The van der Waals surface area contributed by atoms with Gasteiger partial charge >= 0.3 is 11.9 Å². The number of ether oxygens (including phenoxy) is 2. The van der Waals surface area contributed by atoms with Crippen molar-refractivity contribution in [3.8, 4) is 0 Å². The Balaban J connectivity index is 1.90. The number of methoxy groups -OCH3 is 2. The average Bonchev–Trinajstić information content (AvgIpc) is 2.84. The normalized spacial score (nSPS) is 12.2. The Morgan fingerprint density at radius 1 is 0.688 bits per heavy atom. The number of amides is 2. The molecule has 2 aromatic rings. The molecule has 0 radical (unpaired) electrons. The van der Waals surface area contributed by atoms with Crippen LogP contribution in [0.2, 0.25) is 0 Å². The minimum absolute atomic E-state index is 0.205. The van der Waals surface area contributed by atoms with E-state index in [0.717, 1.165) is 0 Å². The average molecular weight is 477 g/mol. The molecular weight excluding hydrogens is 452 g/mol. The third-order valence-electron chi connectivity index (χ3n) is 4.21. The van der Waals surface area contributed by atoms with Gasteiger partial charge in [-0.25, -0.2) is 9.59 Å². The van der Waals surface area contributed by atoms with Gasteiger partial charge in [-0.1, -0.05) is 58.0 Å². The van der Waals surface area contributed by atoms with Crippen molar-refractivity contribution in [2.75, 3.05) is 25.7 Å². The van der Waals surface area contributed by atoms with Crippen molar-refractivity contribution >= 4 is 45.3 Å². The molecule has 0 bridgehead atoms. The minimum atomic E-state index is -0.874. The second-order valence-corrected chi connectivity index (χ2v) is 8.95. The monoisotopic (exact) mass is 476 g/mol. The number of carbonyl (C=O) groups is 4. The molecule has 2 atom stereocenters. The van der Waals surface area contributed by atoms with E-state index < -0.39 is 35.8 Å². The minimum Gasteiger partial charge on any atom is -0.467 e. The Morgan fingerprint density at radius 3 is 1.34 bits per heavy atom. The van der Waals surface area contributed by atoms with Crippen LogP contribution >= 0.6 is 21.6 Å². The number of carbonyl (C=O) groups excluding carboxylic acids is 4. The van der Waals surface area contributed by atoms with Crippen LogP contribution < -0.4 is 10.6 Å². The van der Waals surface area contributed by atoms with E-state index in [0.29, 0.717) is 11.1 Å². The summed E-state index contributed by atoms with van der Waals surface area (Å²) in [4.78, 5) is 48.9. The maximum atomic E-state index is 12.4. The van der Waals surface area contributed by atoms with E-state index in [4.69, 9.17) is 9.47 Å². The Kier molecular flexibility index (Phi) is 10.6. The quantitative estimate of drug-likeness (QED) is 0.289. The number of benzene rings is 2. The summed E-state index contributed by atoms with van der Waals surface area (Å²) in [5.74, 6) is -1.54. The first kappa shape index (κ1) is 25.3. The topological polar surface area (TPSA) is 111 Å². The van der Waals surface area contributed by atoms with Crippen LogP contribution in [0, 0.1) is 0 Å². The molecule has 0 aromatic heterocycles. The molecule has 2 amide bonds. The largest absolute Gasteiger partial charge is 0.467 e. The first-order valence-corrected chi connectivity index (χ1v) is 12.1. The van der Waals surface area contributed by atoms with Crippen molar-refractivity contribution in [3.05, 3.63) is 71.8 Å². The van der Waals surface area contributed by atoms with Gasteiger partial charge in [-0.05, 0) is 24.3 Å². The lowest BCUT2D eigenvalue weighted by molar-refractivity contribution is -0.143. The molecule has 0 unspecified atom stereocenters. The van der Waals surface area contributed by atoms with E-state index in [-0.39, 0.29) is 11.5 Å². The summed E-state index contributed by atoms with van der Waals surface area (Å²) in [5.41, 5.74) is 0.849. The van der Waals surface area contributed by atoms with Gasteiger partial charge in [0.2, 0.25) is 0 Å². The highest BCUT2D eigenvalue weighted by Crippen LogP contribution is 2.24. The van der Waals surface area contributed by atoms with Gasteiger partial charge in [-0.2, -0.15) is 0 Å². The van der Waals surface area contributed by atoms with E-state index in [2.05, 4.69) is 10.6 Å². The Labute approximate surface area is 194 Å². The molecule has 2 N–H and O–H groups in total. The summed E-state index contributed by atoms with van der Waals surface area (Å²) in [6.45, 7) is 0. The van der Waals surface area contributed by atoms with Gasteiger partial charge in [0.05, 0.1) is 14.2 Å². The van der Waals surface area contributed by atoms with Crippen LogP contribution in [-0.4, -0.2) is 61.6 Å². The van der Waals surface area contributed by atoms with Crippen molar-refractivity contribution in [2.45, 2.75) is 12.1 Å². The summed E-state index contributed by atoms with van der Waals surface area (Å²) in [7, 11) is 5.02. The van der Waals surface area contributed by atoms with E-state index in [1.165, 1.54) is 35.8 Å². The predicted octanol–water partition coefficient (Wildman–Crippen LogP) is 2.31. The maximum absolute atomic E-state index is 12.4. The zero-order valence-corrected chi connectivity index (χ0v) is 19.2. The van der Waals surface area contributed by atoms with Gasteiger partial charge in [0, 0.05) is 22.6 Å². The summed E-state index contributed by atoms with van der Waals surface area (Å²) in [6, 6.07) is 15.3. The Hall–Kier alpha value is -2.98. The molecule has 0 saturated heterocycles. The number of rotatable bonds is 11. The summed E-state index contributed by atoms with van der Waals surface area (Å²) >= 11 is 0. The number of hydrogen-bond acceptors (Lipinski definition) is 8. The van der Waals surface area contributed by atoms with Gasteiger partial charge in [0.25, 0.3) is 11.8 Å². The fourth-order valence-corrected chi connectivity index (χ4v) is 4.81. The molecule has 8 nitrogen and oxygen atoms in total. The molecule has 0 aliphatic carbocycles. The van der Waals surface area contributed by atoms with Gasteiger partial charge in [-0.15, -0.1) is 0 Å². The molecule has 2 rings (SSSR count). The second kappa shape index (κ2) is 13.4. The summed E-state index contributed by atoms with van der Waals surface area (Å²) in [6.07, 6.45) is 0. The molecule has 10 heteroatoms. The molecule has 2 aromatic carbocycles. The van der Waals surface area contributed by atoms with E-state index >= 15 is 0 Å². The molecule has 32 heavy (non-hydrogen) atoms. The van der Waals surface area contributed by atoms with Crippen molar-refractivity contribution < 1.29 is 28.7 Å². The van der Waals surface area contributed by atoms with Crippen LogP contribution in [0.1, 0.15) is 20.7 Å².